The monoisotopic (exact) mass is 321 g/mol. The first-order valence-corrected chi connectivity index (χ1v) is 7.63. The number of para-hydroxylation sites is 1. The normalized spacial score (nSPS) is 11.1. The van der Waals surface area contributed by atoms with E-state index < -0.39 is 0 Å². The number of nitrogens with zero attached hydrogens (tertiary/aromatic N) is 1. The van der Waals surface area contributed by atoms with E-state index >= 15 is 0 Å². The van der Waals surface area contributed by atoms with Crippen LogP contribution in [0.5, 0.6) is 11.5 Å². The molecule has 3 rings (SSSR count). The van der Waals surface area contributed by atoms with Gasteiger partial charge in [0, 0.05) is 29.7 Å². The lowest BCUT2D eigenvalue weighted by Crippen LogP contribution is -1.95. The molecule has 0 saturated carbocycles. The number of hydrogen-bond acceptors (Lipinski definition) is 3. The van der Waals surface area contributed by atoms with Crippen molar-refractivity contribution in [3.05, 3.63) is 65.9 Å². The van der Waals surface area contributed by atoms with Gasteiger partial charge in [-0.2, -0.15) is 0 Å². The molecular weight excluding hydrogens is 302 g/mol. The molecule has 0 saturated heterocycles. The Morgan fingerprint density at radius 3 is 2.33 bits per heavy atom. The molecule has 24 heavy (non-hydrogen) atoms. The van der Waals surface area contributed by atoms with Crippen LogP contribution in [0.1, 0.15) is 15.9 Å². The van der Waals surface area contributed by atoms with E-state index in [4.69, 9.17) is 9.47 Å². The Bertz CT molecular complexity index is 900. The number of ether oxygens (including phenoxy) is 2. The quantitative estimate of drug-likeness (QED) is 0.525. The average Bonchev–Trinajstić information content (AvgIpc) is 2.96. The Hall–Kier alpha value is -3.01. The molecule has 0 aliphatic heterocycles. The third kappa shape index (κ3) is 2.78. The van der Waals surface area contributed by atoms with E-state index in [2.05, 4.69) is 0 Å². The highest BCUT2D eigenvalue weighted by Crippen LogP contribution is 2.30. The van der Waals surface area contributed by atoms with Gasteiger partial charge in [0.25, 0.3) is 0 Å². The lowest BCUT2D eigenvalue weighted by Gasteiger charge is -2.09. The highest BCUT2D eigenvalue weighted by Gasteiger charge is 2.12. The van der Waals surface area contributed by atoms with Crippen LogP contribution in [0.4, 0.5) is 0 Å². The molecule has 1 aromatic heterocycles. The van der Waals surface area contributed by atoms with E-state index in [9.17, 15) is 4.79 Å². The number of fused-ring (bicyclic) bond motifs is 1. The van der Waals surface area contributed by atoms with E-state index in [-0.39, 0.29) is 5.78 Å². The van der Waals surface area contributed by atoms with Crippen molar-refractivity contribution in [2.45, 2.75) is 0 Å². The Morgan fingerprint density at radius 1 is 1.00 bits per heavy atom. The predicted octanol–water partition coefficient (Wildman–Crippen LogP) is 4.09. The zero-order valence-corrected chi connectivity index (χ0v) is 13.9. The number of benzene rings is 2. The molecule has 0 fully saturated rings. The third-order valence-corrected chi connectivity index (χ3v) is 4.03. The molecule has 0 amide bonds. The highest BCUT2D eigenvalue weighted by molar-refractivity contribution is 6.15. The molecule has 0 spiro atoms. The van der Waals surface area contributed by atoms with Crippen molar-refractivity contribution < 1.29 is 14.3 Å². The van der Waals surface area contributed by atoms with Gasteiger partial charge in [-0.1, -0.05) is 24.3 Å². The molecule has 4 heteroatoms. The molecule has 122 valence electrons. The van der Waals surface area contributed by atoms with Crippen LogP contribution in [0.15, 0.2) is 54.7 Å². The molecule has 0 bridgehead atoms. The lowest BCUT2D eigenvalue weighted by molar-refractivity contribution is 0.104. The van der Waals surface area contributed by atoms with Crippen LogP contribution in [0.2, 0.25) is 0 Å². The first-order chi connectivity index (χ1) is 11.7. The van der Waals surface area contributed by atoms with Crippen LogP contribution in [0, 0.1) is 0 Å². The summed E-state index contributed by atoms with van der Waals surface area (Å²) in [5.74, 6) is 1.27. The predicted molar refractivity (Wildman–Crippen MR) is 95.8 cm³/mol. The van der Waals surface area contributed by atoms with Crippen molar-refractivity contribution in [1.29, 1.82) is 0 Å². The maximum absolute atomic E-state index is 12.7. The van der Waals surface area contributed by atoms with Gasteiger partial charge in [0.15, 0.2) is 5.78 Å². The fourth-order valence-corrected chi connectivity index (χ4v) is 2.83. The molecule has 0 atom stereocenters. The Balaban J connectivity index is 1.99. The maximum Gasteiger partial charge on any atom is 0.188 e. The van der Waals surface area contributed by atoms with Crippen molar-refractivity contribution in [2.24, 2.45) is 7.05 Å². The number of ketones is 1. The number of allylic oxidation sites excluding steroid dienone is 1. The van der Waals surface area contributed by atoms with Crippen LogP contribution < -0.4 is 9.47 Å². The van der Waals surface area contributed by atoms with Crippen molar-refractivity contribution in [1.82, 2.24) is 4.57 Å². The van der Waals surface area contributed by atoms with Crippen LogP contribution in [0.3, 0.4) is 0 Å². The van der Waals surface area contributed by atoms with Crippen LogP contribution in [-0.2, 0) is 7.05 Å². The minimum Gasteiger partial charge on any atom is -0.496 e. The van der Waals surface area contributed by atoms with Gasteiger partial charge in [-0.05, 0) is 30.4 Å². The molecule has 0 aliphatic rings. The zero-order valence-electron chi connectivity index (χ0n) is 13.9. The van der Waals surface area contributed by atoms with Crippen LogP contribution in [0.25, 0.3) is 17.0 Å². The molecule has 3 aromatic rings. The van der Waals surface area contributed by atoms with Gasteiger partial charge in [0.2, 0.25) is 0 Å². The van der Waals surface area contributed by atoms with Gasteiger partial charge in [-0.25, -0.2) is 0 Å². The van der Waals surface area contributed by atoms with Gasteiger partial charge in [-0.3, -0.25) is 4.79 Å². The second-order valence-corrected chi connectivity index (χ2v) is 5.44. The summed E-state index contributed by atoms with van der Waals surface area (Å²) in [7, 11) is 5.13. The smallest absolute Gasteiger partial charge is 0.188 e. The van der Waals surface area contributed by atoms with Gasteiger partial charge in [0.1, 0.15) is 11.5 Å². The minimum absolute atomic E-state index is 0.0558. The van der Waals surface area contributed by atoms with Gasteiger partial charge < -0.3 is 14.0 Å². The SMILES string of the molecule is COc1cccc(OC)c1/C=C/C(=O)c1cn(C)c2ccccc12. The molecule has 0 N–H and O–H groups in total. The number of methoxy groups -OCH3 is 2. The van der Waals surface area contributed by atoms with Crippen molar-refractivity contribution in [3.8, 4) is 11.5 Å². The standard InChI is InChI=1S/C20H19NO3/c1-21-13-16(14-7-4-5-8-17(14)21)18(22)12-11-15-19(23-2)9-6-10-20(15)24-3/h4-13H,1-3H3/b12-11+. The number of hydrogen-bond donors (Lipinski definition) is 0. The first-order valence-electron chi connectivity index (χ1n) is 7.63. The number of aromatic nitrogens is 1. The lowest BCUT2D eigenvalue weighted by atomic mass is 10.1. The highest BCUT2D eigenvalue weighted by atomic mass is 16.5. The number of aryl methyl sites for hydroxylation is 1. The summed E-state index contributed by atoms with van der Waals surface area (Å²) in [5, 5.41) is 0.946. The molecule has 0 unspecified atom stereocenters. The summed E-state index contributed by atoms with van der Waals surface area (Å²) in [4.78, 5) is 12.7. The molecule has 2 aromatic carbocycles. The van der Waals surface area contributed by atoms with E-state index in [0.717, 1.165) is 16.5 Å². The fraction of sp³-hybridized carbons (Fsp3) is 0.150. The average molecular weight is 321 g/mol. The minimum atomic E-state index is -0.0558. The second kappa shape index (κ2) is 6.62. The molecule has 0 aliphatic carbocycles. The van der Waals surface area contributed by atoms with E-state index in [0.29, 0.717) is 17.1 Å². The molecule has 1 heterocycles. The fourth-order valence-electron chi connectivity index (χ4n) is 2.83. The first kappa shape index (κ1) is 15.9. The van der Waals surface area contributed by atoms with Gasteiger partial charge in [0.05, 0.1) is 19.8 Å². The Labute approximate surface area is 140 Å². The van der Waals surface area contributed by atoms with Crippen LogP contribution in [-0.4, -0.2) is 24.6 Å². The topological polar surface area (TPSA) is 40.5 Å². The van der Waals surface area contributed by atoms with Gasteiger partial charge in [-0.15, -0.1) is 0 Å². The molecule has 0 radical (unpaired) electrons. The van der Waals surface area contributed by atoms with Crippen LogP contribution >= 0.6 is 0 Å². The summed E-state index contributed by atoms with van der Waals surface area (Å²) in [6, 6.07) is 13.4. The summed E-state index contributed by atoms with van der Waals surface area (Å²) >= 11 is 0. The largest absolute Gasteiger partial charge is 0.496 e. The Kier molecular flexibility index (Phi) is 4.38. The Morgan fingerprint density at radius 2 is 1.67 bits per heavy atom. The summed E-state index contributed by atoms with van der Waals surface area (Å²) in [6.07, 6.45) is 5.15. The van der Waals surface area contributed by atoms with E-state index in [1.807, 2.05) is 60.3 Å². The second-order valence-electron chi connectivity index (χ2n) is 5.44. The summed E-state index contributed by atoms with van der Waals surface area (Å²) in [6.45, 7) is 0. The van der Waals surface area contributed by atoms with E-state index in [1.165, 1.54) is 0 Å². The number of rotatable bonds is 5. The zero-order chi connectivity index (χ0) is 17.1. The summed E-state index contributed by atoms with van der Waals surface area (Å²) in [5.41, 5.74) is 2.46. The molecular formula is C20H19NO3. The van der Waals surface area contributed by atoms with Crippen molar-refractivity contribution in [2.75, 3.05) is 14.2 Å². The number of carbonyl (C=O) groups excluding carboxylic acids is 1. The van der Waals surface area contributed by atoms with Crippen molar-refractivity contribution in [3.63, 3.8) is 0 Å². The van der Waals surface area contributed by atoms with E-state index in [1.54, 1.807) is 26.4 Å². The molecule has 4 nitrogen and oxygen atoms in total. The van der Waals surface area contributed by atoms with Gasteiger partial charge >= 0.3 is 0 Å². The maximum atomic E-state index is 12.7. The van der Waals surface area contributed by atoms with Crippen molar-refractivity contribution >= 4 is 22.8 Å². The number of carbonyl (C=O) groups is 1. The third-order valence-electron chi connectivity index (χ3n) is 4.03. The summed E-state index contributed by atoms with van der Waals surface area (Å²) < 4.78 is 12.7.